The normalized spacial score (nSPS) is 21.5. The number of hydrogen-bond donors (Lipinski definition) is 0. The molecule has 1 fully saturated rings. The van der Waals surface area contributed by atoms with Gasteiger partial charge in [0, 0.05) is 0 Å². The third kappa shape index (κ3) is 9.32. The Morgan fingerprint density at radius 2 is 0.932 bits per heavy atom. The molecular weight excluding hydrogens is 556 g/mol. The van der Waals surface area contributed by atoms with Crippen molar-refractivity contribution >= 4 is 5.97 Å². The van der Waals surface area contributed by atoms with E-state index in [1.807, 2.05) is 121 Å². The molecule has 0 radical (unpaired) electrons. The van der Waals surface area contributed by atoms with Crippen molar-refractivity contribution in [3.63, 3.8) is 0 Å². The molecule has 5 atom stereocenters. The van der Waals surface area contributed by atoms with E-state index in [4.69, 9.17) is 28.4 Å². The van der Waals surface area contributed by atoms with Gasteiger partial charge in [0.25, 0.3) is 0 Å². The summed E-state index contributed by atoms with van der Waals surface area (Å²) in [4.78, 5) is 12.6. The summed E-state index contributed by atoms with van der Waals surface area (Å²) >= 11 is 0. The maximum absolute atomic E-state index is 12.6. The third-order valence-corrected chi connectivity index (χ3v) is 7.58. The van der Waals surface area contributed by atoms with E-state index in [1.165, 1.54) is 7.11 Å². The molecule has 0 N–H and O–H groups in total. The minimum Gasteiger partial charge on any atom is -0.469 e. The Morgan fingerprint density at radius 3 is 1.36 bits per heavy atom. The molecule has 7 nitrogen and oxygen atoms in total. The molecule has 0 unspecified atom stereocenters. The number of ether oxygens (including phenoxy) is 6. The summed E-state index contributed by atoms with van der Waals surface area (Å²) < 4.78 is 37.7. The van der Waals surface area contributed by atoms with Crippen molar-refractivity contribution in [1.82, 2.24) is 0 Å². The molecule has 7 heteroatoms. The van der Waals surface area contributed by atoms with Crippen LogP contribution in [0, 0.1) is 0 Å². The summed E-state index contributed by atoms with van der Waals surface area (Å²) in [6, 6.07) is 39.8. The molecule has 0 spiro atoms. The SMILES string of the molecule is COC(=O)C[C@@H]1O[C@H](COCc2ccccc2)[C@H](OCc2ccccc2)[C@H](OCc2ccccc2)[C@H]1OCc1ccccc1. The second-order valence-corrected chi connectivity index (χ2v) is 10.8. The molecule has 0 aromatic heterocycles. The van der Waals surface area contributed by atoms with Crippen LogP contribution in [0.5, 0.6) is 0 Å². The molecular formula is C37H40O7. The highest BCUT2D eigenvalue weighted by atomic mass is 16.6. The molecule has 1 heterocycles. The lowest BCUT2D eigenvalue weighted by Crippen LogP contribution is -2.61. The zero-order chi connectivity index (χ0) is 30.4. The van der Waals surface area contributed by atoms with Crippen molar-refractivity contribution in [2.45, 2.75) is 63.4 Å². The molecule has 1 aliphatic rings. The first-order chi connectivity index (χ1) is 21.7. The number of methoxy groups -OCH3 is 1. The van der Waals surface area contributed by atoms with Crippen LogP contribution < -0.4 is 0 Å². The van der Waals surface area contributed by atoms with Gasteiger partial charge in [-0.25, -0.2) is 0 Å². The number of esters is 1. The van der Waals surface area contributed by atoms with Crippen molar-refractivity contribution in [1.29, 1.82) is 0 Å². The van der Waals surface area contributed by atoms with Gasteiger partial charge >= 0.3 is 5.97 Å². The monoisotopic (exact) mass is 596 g/mol. The van der Waals surface area contributed by atoms with Gasteiger partial charge in [-0.3, -0.25) is 4.79 Å². The summed E-state index contributed by atoms with van der Waals surface area (Å²) in [5.74, 6) is -0.391. The number of rotatable bonds is 15. The van der Waals surface area contributed by atoms with Gasteiger partial charge in [0.05, 0.1) is 52.7 Å². The van der Waals surface area contributed by atoms with E-state index in [0.29, 0.717) is 26.4 Å². The van der Waals surface area contributed by atoms with Crippen LogP contribution in [0.1, 0.15) is 28.7 Å². The highest BCUT2D eigenvalue weighted by Crippen LogP contribution is 2.32. The Morgan fingerprint density at radius 1 is 0.545 bits per heavy atom. The van der Waals surface area contributed by atoms with E-state index >= 15 is 0 Å². The topological polar surface area (TPSA) is 72.5 Å². The minimum absolute atomic E-state index is 0.00173. The third-order valence-electron chi connectivity index (χ3n) is 7.58. The molecule has 0 aliphatic carbocycles. The van der Waals surface area contributed by atoms with E-state index in [2.05, 4.69) is 0 Å². The van der Waals surface area contributed by atoms with Gasteiger partial charge in [-0.05, 0) is 22.3 Å². The van der Waals surface area contributed by atoms with Crippen molar-refractivity contribution < 1.29 is 33.2 Å². The van der Waals surface area contributed by atoms with Crippen LogP contribution in [0.25, 0.3) is 0 Å². The number of hydrogen-bond acceptors (Lipinski definition) is 7. The van der Waals surface area contributed by atoms with E-state index in [-0.39, 0.29) is 13.0 Å². The van der Waals surface area contributed by atoms with Crippen LogP contribution in [0.3, 0.4) is 0 Å². The standard InChI is InChI=1S/C37H40O7/c1-39-34(38)22-32-35(41-24-29-16-8-3-9-17-29)37(43-26-31-20-12-5-13-21-31)36(42-25-30-18-10-4-11-19-30)33(44-32)27-40-23-28-14-6-2-7-15-28/h2-21,32-33,35-37H,22-27H2,1H3/t32-,33+,35-,36-,37+/m0/s1. The maximum Gasteiger partial charge on any atom is 0.308 e. The first kappa shape index (κ1) is 31.6. The maximum atomic E-state index is 12.6. The molecule has 1 aliphatic heterocycles. The van der Waals surface area contributed by atoms with Gasteiger partial charge in [0.2, 0.25) is 0 Å². The van der Waals surface area contributed by atoms with Crippen LogP contribution in [-0.4, -0.2) is 50.2 Å². The lowest BCUT2D eigenvalue weighted by molar-refractivity contribution is -0.273. The van der Waals surface area contributed by atoms with Gasteiger partial charge in [-0.2, -0.15) is 0 Å². The summed E-state index contributed by atoms with van der Waals surface area (Å²) in [5, 5.41) is 0. The number of carbonyl (C=O) groups is 1. The Labute approximate surface area is 259 Å². The fourth-order valence-corrected chi connectivity index (χ4v) is 5.30. The second-order valence-electron chi connectivity index (χ2n) is 10.8. The van der Waals surface area contributed by atoms with Crippen LogP contribution >= 0.6 is 0 Å². The van der Waals surface area contributed by atoms with Crippen LogP contribution in [-0.2, 0) is 59.6 Å². The fourth-order valence-electron chi connectivity index (χ4n) is 5.30. The highest BCUT2D eigenvalue weighted by Gasteiger charge is 2.49. The Bertz CT molecular complexity index is 1370. The molecule has 44 heavy (non-hydrogen) atoms. The lowest BCUT2D eigenvalue weighted by atomic mass is 9.92. The van der Waals surface area contributed by atoms with E-state index in [9.17, 15) is 4.79 Å². The molecule has 0 bridgehead atoms. The summed E-state index contributed by atoms with van der Waals surface area (Å²) in [5.41, 5.74) is 4.10. The molecule has 5 rings (SSSR count). The Balaban J connectivity index is 1.43. The van der Waals surface area contributed by atoms with Gasteiger partial charge in [-0.15, -0.1) is 0 Å². The van der Waals surface area contributed by atoms with Gasteiger partial charge in [0.1, 0.15) is 24.4 Å². The number of carbonyl (C=O) groups excluding carboxylic acids is 1. The van der Waals surface area contributed by atoms with Gasteiger partial charge in [-0.1, -0.05) is 121 Å². The average Bonchev–Trinajstić information content (AvgIpc) is 3.08. The summed E-state index contributed by atoms with van der Waals surface area (Å²) in [6.07, 6.45) is -2.92. The predicted molar refractivity (Wildman–Crippen MR) is 166 cm³/mol. The Kier molecular flexibility index (Phi) is 12.1. The largest absolute Gasteiger partial charge is 0.469 e. The number of benzene rings is 4. The van der Waals surface area contributed by atoms with E-state index in [0.717, 1.165) is 22.3 Å². The molecule has 0 saturated carbocycles. The van der Waals surface area contributed by atoms with Crippen molar-refractivity contribution in [3.05, 3.63) is 144 Å². The minimum atomic E-state index is -0.645. The van der Waals surface area contributed by atoms with Gasteiger partial charge < -0.3 is 28.4 Å². The lowest BCUT2D eigenvalue weighted by Gasteiger charge is -2.46. The molecule has 1 saturated heterocycles. The summed E-state index contributed by atoms with van der Waals surface area (Å²) in [6.45, 7) is 1.66. The van der Waals surface area contributed by atoms with Crippen LogP contribution in [0.2, 0.25) is 0 Å². The molecule has 4 aromatic rings. The first-order valence-electron chi connectivity index (χ1n) is 15.0. The zero-order valence-electron chi connectivity index (χ0n) is 25.0. The van der Waals surface area contributed by atoms with E-state index < -0.39 is 36.5 Å². The van der Waals surface area contributed by atoms with Crippen LogP contribution in [0.15, 0.2) is 121 Å². The molecule has 4 aromatic carbocycles. The quantitative estimate of drug-likeness (QED) is 0.149. The van der Waals surface area contributed by atoms with Gasteiger partial charge in [0.15, 0.2) is 0 Å². The summed E-state index contributed by atoms with van der Waals surface area (Å²) in [7, 11) is 1.38. The first-order valence-corrected chi connectivity index (χ1v) is 15.0. The van der Waals surface area contributed by atoms with Crippen LogP contribution in [0.4, 0.5) is 0 Å². The van der Waals surface area contributed by atoms with E-state index in [1.54, 1.807) is 0 Å². The van der Waals surface area contributed by atoms with Crippen molar-refractivity contribution in [2.24, 2.45) is 0 Å². The Hall–Kier alpha value is -3.85. The predicted octanol–water partition coefficient (Wildman–Crippen LogP) is 6.29. The average molecular weight is 597 g/mol. The van der Waals surface area contributed by atoms with Crippen molar-refractivity contribution in [3.8, 4) is 0 Å². The highest BCUT2D eigenvalue weighted by molar-refractivity contribution is 5.69. The molecule has 230 valence electrons. The molecule has 0 amide bonds. The second kappa shape index (κ2) is 16.9. The fraction of sp³-hybridized carbons (Fsp3) is 0.324. The smallest absolute Gasteiger partial charge is 0.308 e. The van der Waals surface area contributed by atoms with Crippen molar-refractivity contribution in [2.75, 3.05) is 13.7 Å². The zero-order valence-corrected chi connectivity index (χ0v) is 25.0.